The summed E-state index contributed by atoms with van der Waals surface area (Å²) in [4.78, 5) is 24.4. The van der Waals surface area contributed by atoms with Crippen LogP contribution in [0.2, 0.25) is 0 Å². The standard InChI is InChI=1S/C57H107NO5/c1-3-5-7-9-11-13-15-26-30-33-37-41-45-49-55(60)54(53-59)58-56(61)50-46-42-38-34-31-27-24-22-20-18-16-17-19-21-23-25-28-32-36-40-44-48-52-63-57(62)51-47-43-39-35-29-14-12-10-8-6-4-2/h10,12,18,20,45,49,54-55,59-60H,3-9,11,13-17,19,21-44,46-48,50-53H2,1-2H3,(H,58,61)/b12-10-,20-18-,49-45+. The van der Waals surface area contributed by atoms with E-state index in [0.717, 1.165) is 51.4 Å². The molecule has 63 heavy (non-hydrogen) atoms. The topological polar surface area (TPSA) is 95.9 Å². The molecule has 0 radical (unpaired) electrons. The molecule has 0 aliphatic rings. The average Bonchev–Trinajstić information content (AvgIpc) is 3.28. The van der Waals surface area contributed by atoms with Gasteiger partial charge in [0.1, 0.15) is 0 Å². The molecule has 0 rings (SSSR count). The van der Waals surface area contributed by atoms with Gasteiger partial charge in [-0.2, -0.15) is 0 Å². The molecule has 0 aliphatic heterocycles. The largest absolute Gasteiger partial charge is 0.466 e. The Morgan fingerprint density at radius 3 is 1.17 bits per heavy atom. The van der Waals surface area contributed by atoms with E-state index in [0.29, 0.717) is 19.4 Å². The van der Waals surface area contributed by atoms with Crippen LogP contribution < -0.4 is 5.32 Å². The number of amides is 1. The highest BCUT2D eigenvalue weighted by Gasteiger charge is 2.18. The SMILES string of the molecule is CCCC/C=C\CCCCCCCC(=O)OCCCCCCCCCCCCC/C=C\CCCCCCCCCC(=O)NC(CO)C(O)/C=C/CCCCCCCCCCCCC. The summed E-state index contributed by atoms with van der Waals surface area (Å²) in [5.41, 5.74) is 0. The number of hydrogen-bond acceptors (Lipinski definition) is 5. The lowest BCUT2D eigenvalue weighted by atomic mass is 10.0. The molecule has 0 saturated carbocycles. The highest BCUT2D eigenvalue weighted by atomic mass is 16.5. The lowest BCUT2D eigenvalue weighted by Gasteiger charge is -2.20. The number of nitrogens with one attached hydrogen (secondary N) is 1. The molecule has 0 fully saturated rings. The minimum atomic E-state index is -0.848. The van der Waals surface area contributed by atoms with Gasteiger partial charge >= 0.3 is 5.97 Å². The van der Waals surface area contributed by atoms with Crippen molar-refractivity contribution in [1.82, 2.24) is 5.32 Å². The molecule has 3 N–H and O–H groups in total. The van der Waals surface area contributed by atoms with E-state index in [9.17, 15) is 19.8 Å². The molecule has 0 heterocycles. The van der Waals surface area contributed by atoms with E-state index in [2.05, 4.69) is 43.5 Å². The van der Waals surface area contributed by atoms with Gasteiger partial charge < -0.3 is 20.3 Å². The molecule has 0 saturated heterocycles. The van der Waals surface area contributed by atoms with Crippen LogP contribution in [0.15, 0.2) is 36.5 Å². The number of carbonyl (C=O) groups is 2. The van der Waals surface area contributed by atoms with Gasteiger partial charge in [-0.3, -0.25) is 9.59 Å². The average molecular weight is 886 g/mol. The number of aliphatic hydroxyl groups excluding tert-OH is 2. The van der Waals surface area contributed by atoms with Crippen molar-refractivity contribution in [3.05, 3.63) is 36.5 Å². The number of carbonyl (C=O) groups excluding carboxylic acids is 2. The third-order valence-electron chi connectivity index (χ3n) is 12.6. The van der Waals surface area contributed by atoms with E-state index in [4.69, 9.17) is 4.74 Å². The Balaban J connectivity index is 3.45. The molecule has 6 heteroatoms. The maximum Gasteiger partial charge on any atom is 0.305 e. The Morgan fingerprint density at radius 1 is 0.429 bits per heavy atom. The fourth-order valence-corrected chi connectivity index (χ4v) is 8.31. The van der Waals surface area contributed by atoms with Crippen LogP contribution in [0.25, 0.3) is 0 Å². The second kappa shape index (κ2) is 52.7. The molecule has 370 valence electrons. The van der Waals surface area contributed by atoms with Crippen LogP contribution in [0, 0.1) is 0 Å². The summed E-state index contributed by atoms with van der Waals surface area (Å²) in [7, 11) is 0. The molecule has 0 aromatic heterocycles. The van der Waals surface area contributed by atoms with Crippen LogP contribution in [-0.2, 0) is 14.3 Å². The summed E-state index contributed by atoms with van der Waals surface area (Å²) < 4.78 is 5.45. The summed E-state index contributed by atoms with van der Waals surface area (Å²) in [5, 5.41) is 23.0. The van der Waals surface area contributed by atoms with Crippen molar-refractivity contribution in [2.75, 3.05) is 13.2 Å². The summed E-state index contributed by atoms with van der Waals surface area (Å²) in [6.07, 6.45) is 64.5. The molecule has 0 spiro atoms. The molecular formula is C57H107NO5. The highest BCUT2D eigenvalue weighted by molar-refractivity contribution is 5.76. The highest BCUT2D eigenvalue weighted by Crippen LogP contribution is 2.16. The van der Waals surface area contributed by atoms with Gasteiger partial charge in [-0.25, -0.2) is 0 Å². The second-order valence-electron chi connectivity index (χ2n) is 18.9. The normalized spacial score (nSPS) is 12.9. The zero-order valence-corrected chi connectivity index (χ0v) is 42.1. The van der Waals surface area contributed by atoms with E-state index < -0.39 is 12.1 Å². The van der Waals surface area contributed by atoms with Gasteiger partial charge in [-0.1, -0.05) is 237 Å². The number of rotatable bonds is 51. The molecule has 0 aromatic carbocycles. The van der Waals surface area contributed by atoms with Crippen LogP contribution in [-0.4, -0.2) is 47.4 Å². The summed E-state index contributed by atoms with van der Waals surface area (Å²) in [5.74, 6) is -0.0779. The van der Waals surface area contributed by atoms with E-state index in [1.54, 1.807) is 6.08 Å². The van der Waals surface area contributed by atoms with Crippen molar-refractivity contribution < 1.29 is 24.5 Å². The van der Waals surface area contributed by atoms with Gasteiger partial charge in [-0.15, -0.1) is 0 Å². The predicted octanol–water partition coefficient (Wildman–Crippen LogP) is 16.9. The van der Waals surface area contributed by atoms with E-state index >= 15 is 0 Å². The monoisotopic (exact) mass is 886 g/mol. The molecule has 1 amide bonds. The third-order valence-corrected chi connectivity index (χ3v) is 12.6. The molecular weight excluding hydrogens is 779 g/mol. The van der Waals surface area contributed by atoms with Gasteiger partial charge in [-0.05, 0) is 77.0 Å². The zero-order valence-electron chi connectivity index (χ0n) is 42.1. The Hall–Kier alpha value is -1.92. The van der Waals surface area contributed by atoms with Gasteiger partial charge in [0.25, 0.3) is 0 Å². The van der Waals surface area contributed by atoms with Gasteiger partial charge in [0.2, 0.25) is 5.91 Å². The molecule has 0 bridgehead atoms. The Labute approximate surface area is 392 Å². The lowest BCUT2D eigenvalue weighted by molar-refractivity contribution is -0.143. The first-order valence-corrected chi connectivity index (χ1v) is 27.8. The van der Waals surface area contributed by atoms with Crippen molar-refractivity contribution in [3.63, 3.8) is 0 Å². The number of allylic oxidation sites excluding steroid dienone is 5. The van der Waals surface area contributed by atoms with Gasteiger partial charge in [0.15, 0.2) is 0 Å². The van der Waals surface area contributed by atoms with Crippen molar-refractivity contribution >= 4 is 11.9 Å². The van der Waals surface area contributed by atoms with Crippen LogP contribution in [0.4, 0.5) is 0 Å². The van der Waals surface area contributed by atoms with Crippen molar-refractivity contribution in [3.8, 4) is 0 Å². The number of hydrogen-bond donors (Lipinski definition) is 3. The molecule has 2 atom stereocenters. The Morgan fingerprint density at radius 2 is 0.762 bits per heavy atom. The Kier molecular flexibility index (Phi) is 51.1. The third kappa shape index (κ3) is 49.4. The maximum absolute atomic E-state index is 12.4. The smallest absolute Gasteiger partial charge is 0.305 e. The number of esters is 1. The summed E-state index contributed by atoms with van der Waals surface area (Å²) >= 11 is 0. The summed E-state index contributed by atoms with van der Waals surface area (Å²) in [6, 6.07) is -0.632. The van der Waals surface area contributed by atoms with E-state index in [-0.39, 0.29) is 18.5 Å². The zero-order chi connectivity index (χ0) is 45.8. The maximum atomic E-state index is 12.4. The first-order valence-electron chi connectivity index (χ1n) is 27.8. The van der Waals surface area contributed by atoms with Gasteiger partial charge in [0, 0.05) is 12.8 Å². The van der Waals surface area contributed by atoms with Crippen LogP contribution in [0.3, 0.4) is 0 Å². The van der Waals surface area contributed by atoms with Crippen LogP contribution in [0.5, 0.6) is 0 Å². The van der Waals surface area contributed by atoms with E-state index in [1.807, 2.05) is 6.08 Å². The van der Waals surface area contributed by atoms with Gasteiger partial charge in [0.05, 0.1) is 25.4 Å². The van der Waals surface area contributed by atoms with Crippen molar-refractivity contribution in [2.45, 2.75) is 302 Å². The number of aliphatic hydroxyl groups is 2. The number of ether oxygens (including phenoxy) is 1. The van der Waals surface area contributed by atoms with Crippen LogP contribution in [0.1, 0.15) is 290 Å². The minimum Gasteiger partial charge on any atom is -0.466 e. The summed E-state index contributed by atoms with van der Waals surface area (Å²) in [6.45, 7) is 4.85. The fourth-order valence-electron chi connectivity index (χ4n) is 8.31. The van der Waals surface area contributed by atoms with Crippen molar-refractivity contribution in [2.24, 2.45) is 0 Å². The van der Waals surface area contributed by atoms with Crippen molar-refractivity contribution in [1.29, 1.82) is 0 Å². The first-order chi connectivity index (χ1) is 31.0. The minimum absolute atomic E-state index is 0.00226. The first kappa shape index (κ1) is 61.1. The lowest BCUT2D eigenvalue weighted by Crippen LogP contribution is -2.45. The molecule has 0 aliphatic carbocycles. The number of unbranched alkanes of at least 4 members (excludes halogenated alkanes) is 36. The fraction of sp³-hybridized carbons (Fsp3) is 0.860. The molecule has 2 unspecified atom stereocenters. The molecule has 6 nitrogen and oxygen atoms in total. The Bertz CT molecular complexity index is 1020. The van der Waals surface area contributed by atoms with Crippen LogP contribution >= 0.6 is 0 Å². The predicted molar refractivity (Wildman–Crippen MR) is 273 cm³/mol. The quantitative estimate of drug-likeness (QED) is 0.0321. The van der Waals surface area contributed by atoms with E-state index in [1.165, 1.54) is 212 Å². The second-order valence-corrected chi connectivity index (χ2v) is 18.9. The molecule has 0 aromatic rings.